The van der Waals surface area contributed by atoms with Crippen LogP contribution in [0.4, 0.5) is 0 Å². The molecule has 3 rings (SSSR count). The summed E-state index contributed by atoms with van der Waals surface area (Å²) in [5.41, 5.74) is 1.04. The molecule has 1 aliphatic rings. The fourth-order valence-corrected chi connectivity index (χ4v) is 3.04. The number of nitrogens with zero attached hydrogens (tertiary/aromatic N) is 3. The molecule has 1 aliphatic heterocycles. The summed E-state index contributed by atoms with van der Waals surface area (Å²) in [5, 5.41) is 6.91. The summed E-state index contributed by atoms with van der Waals surface area (Å²) in [5.74, 6) is 1.14. The van der Waals surface area contributed by atoms with Crippen LogP contribution in [-0.2, 0) is 23.3 Å². The molecule has 0 radical (unpaired) electrons. The Morgan fingerprint density at radius 2 is 2.08 bits per heavy atom. The summed E-state index contributed by atoms with van der Waals surface area (Å²) in [6.07, 6.45) is 1.93. The number of carbonyl (C=O) groups is 1. The van der Waals surface area contributed by atoms with E-state index in [2.05, 4.69) is 32.5 Å². The van der Waals surface area contributed by atoms with Gasteiger partial charge in [0.15, 0.2) is 5.82 Å². The van der Waals surface area contributed by atoms with E-state index in [1.165, 1.54) is 5.56 Å². The second-order valence-electron chi connectivity index (χ2n) is 7.60. The molecule has 1 saturated heterocycles. The molecule has 1 N–H and O–H groups in total. The highest BCUT2D eigenvalue weighted by Crippen LogP contribution is 2.21. The number of hydrogen-bond acceptors (Lipinski definition) is 5. The molecule has 6 nitrogen and oxygen atoms in total. The van der Waals surface area contributed by atoms with E-state index in [0.29, 0.717) is 18.3 Å². The zero-order chi connectivity index (χ0) is 17.9. The molecule has 1 unspecified atom stereocenters. The van der Waals surface area contributed by atoms with Crippen LogP contribution < -0.4 is 5.32 Å². The number of aromatic nitrogens is 2. The summed E-state index contributed by atoms with van der Waals surface area (Å²) in [6.45, 7) is 8.10. The molecule has 2 aromatic rings. The van der Waals surface area contributed by atoms with Crippen LogP contribution in [0.1, 0.15) is 50.9 Å². The van der Waals surface area contributed by atoms with Crippen molar-refractivity contribution in [3.05, 3.63) is 47.6 Å². The Labute approximate surface area is 148 Å². The highest BCUT2D eigenvalue weighted by Gasteiger charge is 2.30. The van der Waals surface area contributed by atoms with Crippen LogP contribution in [0.25, 0.3) is 0 Å². The molecule has 1 fully saturated rings. The minimum atomic E-state index is -0.187. The van der Waals surface area contributed by atoms with Crippen molar-refractivity contribution in [2.45, 2.75) is 58.2 Å². The minimum Gasteiger partial charge on any atom is -0.347 e. The van der Waals surface area contributed by atoms with Gasteiger partial charge < -0.3 is 9.84 Å². The second kappa shape index (κ2) is 7.35. The molecule has 0 bridgehead atoms. The second-order valence-corrected chi connectivity index (χ2v) is 7.60. The van der Waals surface area contributed by atoms with E-state index in [9.17, 15) is 4.79 Å². The van der Waals surface area contributed by atoms with Crippen molar-refractivity contribution in [1.29, 1.82) is 0 Å². The van der Waals surface area contributed by atoms with Gasteiger partial charge in [0.1, 0.15) is 0 Å². The Balaban J connectivity index is 1.56. The average Bonchev–Trinajstić information content (AvgIpc) is 3.22. The van der Waals surface area contributed by atoms with Crippen LogP contribution in [0.15, 0.2) is 34.9 Å². The molecular weight excluding hydrogens is 316 g/mol. The van der Waals surface area contributed by atoms with Gasteiger partial charge in [-0.25, -0.2) is 0 Å². The van der Waals surface area contributed by atoms with E-state index in [1.54, 1.807) is 0 Å². The number of amides is 1. The number of likely N-dealkylation sites (tertiary alicyclic amines) is 1. The molecule has 0 spiro atoms. The Bertz CT molecular complexity index is 706. The predicted molar refractivity (Wildman–Crippen MR) is 94.7 cm³/mol. The molecule has 1 aromatic carbocycles. The van der Waals surface area contributed by atoms with Crippen LogP contribution >= 0.6 is 0 Å². The molecule has 1 aromatic heterocycles. The van der Waals surface area contributed by atoms with Crippen LogP contribution in [0.3, 0.4) is 0 Å². The Morgan fingerprint density at radius 3 is 2.76 bits per heavy atom. The van der Waals surface area contributed by atoms with E-state index in [1.807, 2.05) is 39.0 Å². The molecular formula is C19H26N4O2. The maximum Gasteiger partial charge on any atom is 0.237 e. The molecule has 25 heavy (non-hydrogen) atoms. The van der Waals surface area contributed by atoms with Crippen LogP contribution in [0.2, 0.25) is 0 Å². The Hall–Kier alpha value is -2.21. The average molecular weight is 342 g/mol. The maximum absolute atomic E-state index is 12.6. The smallest absolute Gasteiger partial charge is 0.237 e. The number of nitrogens with one attached hydrogen (secondary N) is 1. The van der Waals surface area contributed by atoms with Crippen molar-refractivity contribution < 1.29 is 9.32 Å². The lowest BCUT2D eigenvalue weighted by molar-refractivity contribution is -0.125. The number of benzene rings is 1. The van der Waals surface area contributed by atoms with Crippen LogP contribution in [0.5, 0.6) is 0 Å². The Morgan fingerprint density at radius 1 is 1.32 bits per heavy atom. The van der Waals surface area contributed by atoms with E-state index in [0.717, 1.165) is 25.9 Å². The predicted octanol–water partition coefficient (Wildman–Crippen LogP) is 2.65. The fraction of sp³-hybridized carbons (Fsp3) is 0.526. The third kappa shape index (κ3) is 4.45. The van der Waals surface area contributed by atoms with Gasteiger partial charge >= 0.3 is 0 Å². The quantitative estimate of drug-likeness (QED) is 0.904. The standard InChI is InChI=1S/C19H26N4O2/c1-19(2,3)18-21-16(22-25-18)12-20-17(24)15-10-7-11-23(15)13-14-8-5-4-6-9-14/h4-6,8-9,15H,7,10-13H2,1-3H3,(H,20,24). The van der Waals surface area contributed by atoms with E-state index in [-0.39, 0.29) is 17.4 Å². The third-order valence-corrected chi connectivity index (χ3v) is 4.43. The fourth-order valence-electron chi connectivity index (χ4n) is 3.04. The van der Waals surface area contributed by atoms with Crippen LogP contribution in [0, 0.1) is 0 Å². The van der Waals surface area contributed by atoms with Crippen molar-refractivity contribution in [2.24, 2.45) is 0 Å². The highest BCUT2D eigenvalue weighted by atomic mass is 16.5. The summed E-state index contributed by atoms with van der Waals surface area (Å²) in [7, 11) is 0. The minimum absolute atomic E-state index is 0.0375. The van der Waals surface area contributed by atoms with E-state index >= 15 is 0 Å². The van der Waals surface area contributed by atoms with Gasteiger partial charge in [0, 0.05) is 12.0 Å². The summed E-state index contributed by atoms with van der Waals surface area (Å²) < 4.78 is 5.26. The lowest BCUT2D eigenvalue weighted by Crippen LogP contribution is -2.42. The van der Waals surface area contributed by atoms with Crippen LogP contribution in [-0.4, -0.2) is 33.5 Å². The van der Waals surface area contributed by atoms with Gasteiger partial charge in [-0.2, -0.15) is 4.98 Å². The topological polar surface area (TPSA) is 71.3 Å². The number of hydrogen-bond donors (Lipinski definition) is 1. The number of rotatable bonds is 5. The largest absolute Gasteiger partial charge is 0.347 e. The van der Waals surface area contributed by atoms with Crippen molar-refractivity contribution >= 4 is 5.91 Å². The van der Waals surface area contributed by atoms with Crippen molar-refractivity contribution in [2.75, 3.05) is 6.54 Å². The SMILES string of the molecule is CC(C)(C)c1nc(CNC(=O)C2CCCN2Cc2ccccc2)no1. The molecule has 134 valence electrons. The summed E-state index contributed by atoms with van der Waals surface area (Å²) >= 11 is 0. The zero-order valence-corrected chi connectivity index (χ0v) is 15.2. The van der Waals surface area contributed by atoms with Crippen molar-refractivity contribution in [3.63, 3.8) is 0 Å². The maximum atomic E-state index is 12.6. The van der Waals surface area contributed by atoms with Gasteiger partial charge in [0.05, 0.1) is 12.6 Å². The van der Waals surface area contributed by atoms with Gasteiger partial charge in [-0.3, -0.25) is 9.69 Å². The first-order valence-corrected chi connectivity index (χ1v) is 8.82. The third-order valence-electron chi connectivity index (χ3n) is 4.43. The lowest BCUT2D eigenvalue weighted by atomic mass is 9.97. The summed E-state index contributed by atoms with van der Waals surface area (Å²) in [4.78, 5) is 19.2. The summed E-state index contributed by atoms with van der Waals surface area (Å²) in [6, 6.07) is 10.2. The molecule has 6 heteroatoms. The zero-order valence-electron chi connectivity index (χ0n) is 15.2. The first-order valence-electron chi connectivity index (χ1n) is 8.82. The van der Waals surface area contributed by atoms with Gasteiger partial charge in [-0.15, -0.1) is 0 Å². The van der Waals surface area contributed by atoms with Gasteiger partial charge in [0.2, 0.25) is 11.8 Å². The van der Waals surface area contributed by atoms with Crippen molar-refractivity contribution in [1.82, 2.24) is 20.4 Å². The molecule has 0 aliphatic carbocycles. The first-order chi connectivity index (χ1) is 11.9. The van der Waals surface area contributed by atoms with E-state index < -0.39 is 0 Å². The Kier molecular flexibility index (Phi) is 5.18. The molecule has 1 amide bonds. The van der Waals surface area contributed by atoms with Gasteiger partial charge in [-0.05, 0) is 24.9 Å². The molecule has 0 saturated carbocycles. The van der Waals surface area contributed by atoms with Gasteiger partial charge in [0.25, 0.3) is 0 Å². The monoisotopic (exact) mass is 342 g/mol. The first kappa shape index (κ1) is 17.6. The number of carbonyl (C=O) groups excluding carboxylic acids is 1. The van der Waals surface area contributed by atoms with Gasteiger partial charge in [-0.1, -0.05) is 56.3 Å². The highest BCUT2D eigenvalue weighted by molar-refractivity contribution is 5.81. The molecule has 1 atom stereocenters. The normalized spacial score (nSPS) is 18.4. The lowest BCUT2D eigenvalue weighted by Gasteiger charge is -2.23. The van der Waals surface area contributed by atoms with E-state index in [4.69, 9.17) is 4.52 Å². The van der Waals surface area contributed by atoms with Crippen molar-refractivity contribution in [3.8, 4) is 0 Å². The molecule has 2 heterocycles.